The van der Waals surface area contributed by atoms with Gasteiger partial charge in [-0.15, -0.1) is 0 Å². The van der Waals surface area contributed by atoms with E-state index >= 15 is 0 Å². The van der Waals surface area contributed by atoms with Crippen LogP contribution in [0.5, 0.6) is 5.75 Å². The molecule has 7 nitrogen and oxygen atoms in total. The van der Waals surface area contributed by atoms with Gasteiger partial charge in [0.2, 0.25) is 0 Å². The molecule has 1 atom stereocenters. The summed E-state index contributed by atoms with van der Waals surface area (Å²) in [6, 6.07) is 14.7. The third-order valence-electron chi connectivity index (χ3n) is 5.02. The second-order valence-electron chi connectivity index (χ2n) is 7.25. The van der Waals surface area contributed by atoms with Gasteiger partial charge in [0.15, 0.2) is 6.61 Å². The van der Waals surface area contributed by atoms with Gasteiger partial charge in [0.05, 0.1) is 18.8 Å². The van der Waals surface area contributed by atoms with Crippen molar-refractivity contribution in [1.82, 2.24) is 5.32 Å². The number of hydrogen-bond donors (Lipinski definition) is 3. The lowest BCUT2D eigenvalue weighted by atomic mass is 10.0. The van der Waals surface area contributed by atoms with Gasteiger partial charge in [-0.3, -0.25) is 9.59 Å². The van der Waals surface area contributed by atoms with Gasteiger partial charge in [0.1, 0.15) is 31.4 Å². The van der Waals surface area contributed by atoms with Crippen molar-refractivity contribution in [2.75, 3.05) is 39.5 Å². The van der Waals surface area contributed by atoms with Gasteiger partial charge >= 0.3 is 0 Å². The Morgan fingerprint density at radius 1 is 1.14 bits per heavy atom. The van der Waals surface area contributed by atoms with Crippen LogP contribution in [0.15, 0.2) is 48.5 Å². The van der Waals surface area contributed by atoms with E-state index in [9.17, 15) is 9.59 Å². The molecule has 0 unspecified atom stereocenters. The van der Waals surface area contributed by atoms with Gasteiger partial charge in [-0.25, -0.2) is 0 Å². The summed E-state index contributed by atoms with van der Waals surface area (Å²) < 4.78 is 11.0. The fraction of sp³-hybridized carbons (Fsp3) is 0.364. The number of ether oxygens (including phenoxy) is 2. The topological polar surface area (TPSA) is 95.1 Å². The molecule has 3 rings (SSSR count). The van der Waals surface area contributed by atoms with E-state index in [0.29, 0.717) is 5.75 Å². The molecule has 1 heterocycles. The van der Waals surface area contributed by atoms with Crippen LogP contribution in [0.25, 0.3) is 0 Å². The molecule has 2 aromatic carbocycles. The highest BCUT2D eigenvalue weighted by molar-refractivity contribution is 5.95. The average molecular weight is 398 g/mol. The van der Waals surface area contributed by atoms with Crippen LogP contribution in [0.1, 0.15) is 27.5 Å². The molecular formula is C22H28N3O4+. The normalized spacial score (nSPS) is 15.5. The second-order valence-corrected chi connectivity index (χ2v) is 7.25. The van der Waals surface area contributed by atoms with E-state index in [-0.39, 0.29) is 24.1 Å². The Labute approximate surface area is 170 Å². The van der Waals surface area contributed by atoms with Gasteiger partial charge in [-0.05, 0) is 24.6 Å². The van der Waals surface area contributed by atoms with Gasteiger partial charge in [0.25, 0.3) is 11.8 Å². The zero-order valence-corrected chi connectivity index (χ0v) is 16.6. The van der Waals surface area contributed by atoms with Crippen molar-refractivity contribution in [2.45, 2.75) is 13.0 Å². The van der Waals surface area contributed by atoms with Gasteiger partial charge in [-0.2, -0.15) is 0 Å². The number of nitrogens with two attached hydrogens (primary N) is 1. The molecular weight excluding hydrogens is 370 g/mol. The molecule has 1 aliphatic heterocycles. The fourth-order valence-corrected chi connectivity index (χ4v) is 3.38. The number of carbonyl (C=O) groups is 2. The highest BCUT2D eigenvalue weighted by atomic mass is 16.5. The fourth-order valence-electron chi connectivity index (χ4n) is 3.38. The number of nitrogens with one attached hydrogen (secondary N) is 2. The summed E-state index contributed by atoms with van der Waals surface area (Å²) >= 11 is 0. The van der Waals surface area contributed by atoms with Crippen molar-refractivity contribution >= 4 is 11.8 Å². The first kappa shape index (κ1) is 20.8. The van der Waals surface area contributed by atoms with Crippen LogP contribution in [0.4, 0.5) is 0 Å². The molecule has 2 aromatic rings. The number of quaternary nitrogens is 1. The molecule has 0 bridgehead atoms. The van der Waals surface area contributed by atoms with Crippen LogP contribution in [-0.2, 0) is 9.53 Å². The molecule has 0 saturated carbocycles. The highest BCUT2D eigenvalue weighted by Gasteiger charge is 2.23. The number of benzene rings is 2. The first-order valence-corrected chi connectivity index (χ1v) is 9.82. The molecule has 0 aliphatic carbocycles. The van der Waals surface area contributed by atoms with E-state index in [4.69, 9.17) is 15.2 Å². The van der Waals surface area contributed by atoms with Crippen LogP contribution in [0, 0.1) is 6.92 Å². The van der Waals surface area contributed by atoms with E-state index in [1.54, 1.807) is 24.3 Å². The summed E-state index contributed by atoms with van der Waals surface area (Å²) in [5.74, 6) is -0.530. The number of para-hydroxylation sites is 1. The quantitative estimate of drug-likeness (QED) is 0.594. The van der Waals surface area contributed by atoms with E-state index in [1.807, 2.05) is 31.2 Å². The van der Waals surface area contributed by atoms with Crippen molar-refractivity contribution in [3.8, 4) is 5.75 Å². The summed E-state index contributed by atoms with van der Waals surface area (Å²) in [6.07, 6.45) is 0. The minimum atomic E-state index is -0.588. The molecule has 4 N–H and O–H groups in total. The molecule has 154 valence electrons. The Kier molecular flexibility index (Phi) is 7.21. The number of carbonyl (C=O) groups excluding carboxylic acids is 2. The van der Waals surface area contributed by atoms with E-state index in [0.717, 1.165) is 38.4 Å². The lowest BCUT2D eigenvalue weighted by molar-refractivity contribution is -0.909. The van der Waals surface area contributed by atoms with Crippen molar-refractivity contribution in [2.24, 2.45) is 5.73 Å². The maximum atomic E-state index is 12.6. The standard InChI is InChI=1S/C22H27N3O4/c1-16-6-8-17(9-7-16)19(14-25-10-12-28-13-11-25)24-21(26)15-29-20-5-3-2-4-18(20)22(23)27/h2-9,19H,10-15H2,1H3,(H2,23,27)(H,24,26)/p+1/t19-/m0/s1. The molecule has 1 saturated heterocycles. The average Bonchev–Trinajstić information content (AvgIpc) is 2.73. The number of rotatable bonds is 8. The lowest BCUT2D eigenvalue weighted by Crippen LogP contribution is -3.14. The van der Waals surface area contributed by atoms with E-state index < -0.39 is 5.91 Å². The van der Waals surface area contributed by atoms with Crippen LogP contribution in [0.2, 0.25) is 0 Å². The summed E-state index contributed by atoms with van der Waals surface area (Å²) in [7, 11) is 0. The Bertz CT molecular complexity index is 832. The van der Waals surface area contributed by atoms with Crippen LogP contribution < -0.4 is 20.7 Å². The van der Waals surface area contributed by atoms with Crippen LogP contribution in [0.3, 0.4) is 0 Å². The first-order valence-electron chi connectivity index (χ1n) is 9.82. The molecule has 7 heteroatoms. The van der Waals surface area contributed by atoms with Crippen LogP contribution in [-0.4, -0.2) is 51.3 Å². The van der Waals surface area contributed by atoms with Gasteiger partial charge in [0, 0.05) is 0 Å². The summed E-state index contributed by atoms with van der Waals surface area (Å²) in [4.78, 5) is 25.5. The van der Waals surface area contributed by atoms with Crippen molar-refractivity contribution in [1.29, 1.82) is 0 Å². The van der Waals surface area contributed by atoms with Crippen LogP contribution >= 0.6 is 0 Å². The SMILES string of the molecule is Cc1ccc([C@H](C[NH+]2CCOCC2)NC(=O)COc2ccccc2C(N)=O)cc1. The monoisotopic (exact) mass is 398 g/mol. The van der Waals surface area contributed by atoms with E-state index in [2.05, 4.69) is 5.32 Å². The van der Waals surface area contributed by atoms with Crippen molar-refractivity contribution < 1.29 is 24.0 Å². The Hall–Kier alpha value is -2.90. The maximum Gasteiger partial charge on any atom is 0.258 e. The molecule has 0 spiro atoms. The highest BCUT2D eigenvalue weighted by Crippen LogP contribution is 2.17. The zero-order valence-electron chi connectivity index (χ0n) is 16.6. The largest absolute Gasteiger partial charge is 0.483 e. The molecule has 1 aliphatic rings. The maximum absolute atomic E-state index is 12.6. The predicted molar refractivity (Wildman–Crippen MR) is 109 cm³/mol. The number of morpholine rings is 1. The van der Waals surface area contributed by atoms with Crippen molar-refractivity contribution in [3.05, 3.63) is 65.2 Å². The number of hydrogen-bond acceptors (Lipinski definition) is 4. The molecule has 29 heavy (non-hydrogen) atoms. The van der Waals surface area contributed by atoms with Crippen molar-refractivity contribution in [3.63, 3.8) is 0 Å². The number of primary amides is 1. The third kappa shape index (κ3) is 6.04. The summed E-state index contributed by atoms with van der Waals surface area (Å²) in [6.45, 7) is 5.92. The summed E-state index contributed by atoms with van der Waals surface area (Å²) in [5, 5.41) is 3.08. The Balaban J connectivity index is 1.65. The molecule has 0 radical (unpaired) electrons. The first-order chi connectivity index (χ1) is 14.0. The zero-order chi connectivity index (χ0) is 20.6. The second kappa shape index (κ2) is 10.0. The number of amides is 2. The van der Waals surface area contributed by atoms with E-state index in [1.165, 1.54) is 10.5 Å². The predicted octanol–water partition coefficient (Wildman–Crippen LogP) is 0.245. The van der Waals surface area contributed by atoms with Gasteiger partial charge in [-0.1, -0.05) is 42.0 Å². The lowest BCUT2D eigenvalue weighted by Gasteiger charge is -2.28. The minimum Gasteiger partial charge on any atom is -0.483 e. The van der Waals surface area contributed by atoms with Gasteiger partial charge < -0.3 is 25.4 Å². The minimum absolute atomic E-state index is 0.133. The summed E-state index contributed by atoms with van der Waals surface area (Å²) in [5.41, 5.74) is 7.85. The Morgan fingerprint density at radius 2 is 1.83 bits per heavy atom. The Morgan fingerprint density at radius 3 is 2.52 bits per heavy atom. The molecule has 2 amide bonds. The smallest absolute Gasteiger partial charge is 0.258 e. The molecule has 1 fully saturated rings. The number of aryl methyl sites for hydroxylation is 1. The third-order valence-corrected chi connectivity index (χ3v) is 5.02. The molecule has 0 aromatic heterocycles.